The Kier molecular flexibility index (Phi) is 11.6. The van der Waals surface area contributed by atoms with Crippen LogP contribution in [0.3, 0.4) is 0 Å². The zero-order valence-electron chi connectivity index (χ0n) is 27.2. The Morgan fingerprint density at radius 3 is 2.23 bits per heavy atom. The van der Waals surface area contributed by atoms with Crippen LogP contribution in [-0.2, 0) is 38.4 Å². The second-order valence-electron chi connectivity index (χ2n) is 11.2. The molecule has 14 nitrogen and oxygen atoms in total. The lowest BCUT2D eigenvalue weighted by molar-refractivity contribution is -0.141. The van der Waals surface area contributed by atoms with Crippen molar-refractivity contribution >= 4 is 29.4 Å². The van der Waals surface area contributed by atoms with Crippen LogP contribution in [0.15, 0.2) is 102 Å². The Hall–Kier alpha value is -6.85. The van der Waals surface area contributed by atoms with Gasteiger partial charge in [-0.3, -0.25) is 29.1 Å². The van der Waals surface area contributed by atoms with Crippen molar-refractivity contribution in [3.05, 3.63) is 125 Å². The van der Waals surface area contributed by atoms with Crippen molar-refractivity contribution in [3.8, 4) is 23.0 Å². The first-order valence-electron chi connectivity index (χ1n) is 15.5. The number of carbonyl (C=O) groups is 4. The number of hydrogen-bond acceptors (Lipinski definition) is 9. The van der Waals surface area contributed by atoms with Gasteiger partial charge in [-0.15, -0.1) is 0 Å². The van der Waals surface area contributed by atoms with Crippen LogP contribution >= 0.6 is 0 Å². The van der Waals surface area contributed by atoms with Crippen LogP contribution in [0.4, 0.5) is 28.0 Å². The number of nitrogens with one attached hydrogen (secondary N) is 2. The van der Waals surface area contributed by atoms with Crippen molar-refractivity contribution < 1.29 is 51.3 Å². The molecule has 0 bridgehead atoms. The number of rotatable bonds is 14. The zero-order chi connectivity index (χ0) is 38.1. The molecule has 0 saturated carbocycles. The van der Waals surface area contributed by atoms with Crippen molar-refractivity contribution in [1.82, 2.24) is 24.6 Å². The smallest absolute Gasteiger partial charge is 0.435 e. The minimum absolute atomic E-state index is 0.134. The van der Waals surface area contributed by atoms with E-state index in [0.29, 0.717) is 11.6 Å². The molecule has 0 fully saturated rings. The molecule has 0 aliphatic rings. The van der Waals surface area contributed by atoms with E-state index in [4.69, 9.17) is 9.47 Å². The Morgan fingerprint density at radius 1 is 0.925 bits per heavy atom. The Balaban J connectivity index is 1.35. The number of alkyl halides is 3. The number of hydrogen-bond donors (Lipinski definition) is 3. The summed E-state index contributed by atoms with van der Waals surface area (Å²) >= 11 is 0. The van der Waals surface area contributed by atoms with Crippen LogP contribution in [0.5, 0.6) is 5.88 Å². The highest BCUT2D eigenvalue weighted by Gasteiger charge is 2.36. The van der Waals surface area contributed by atoms with E-state index >= 15 is 0 Å². The Labute approximate surface area is 296 Å². The average Bonchev–Trinajstić information content (AvgIpc) is 3.58. The van der Waals surface area contributed by atoms with Crippen LogP contribution in [0.2, 0.25) is 0 Å². The fourth-order valence-corrected chi connectivity index (χ4v) is 4.83. The summed E-state index contributed by atoms with van der Waals surface area (Å²) in [6, 6.07) is 19.6. The van der Waals surface area contributed by atoms with Gasteiger partial charge in [0, 0.05) is 11.6 Å². The van der Waals surface area contributed by atoms with Gasteiger partial charge in [-0.25, -0.2) is 18.9 Å². The molecule has 274 valence electrons. The maximum absolute atomic E-state index is 13.7. The Bertz CT molecular complexity index is 2160. The summed E-state index contributed by atoms with van der Waals surface area (Å²) in [5.41, 5.74) is -1.71. The first-order chi connectivity index (χ1) is 25.3. The van der Waals surface area contributed by atoms with E-state index < -0.39 is 84.2 Å². The van der Waals surface area contributed by atoms with Gasteiger partial charge in [-0.05, 0) is 42.0 Å². The summed E-state index contributed by atoms with van der Waals surface area (Å²) in [6.45, 7) is -2.00. The lowest BCUT2D eigenvalue weighted by Gasteiger charge is -2.18. The van der Waals surface area contributed by atoms with E-state index in [0.717, 1.165) is 27.6 Å². The summed E-state index contributed by atoms with van der Waals surface area (Å²) in [5.74, 6) is -4.91. The summed E-state index contributed by atoms with van der Waals surface area (Å²) < 4.78 is 66.2. The van der Waals surface area contributed by atoms with E-state index in [1.165, 1.54) is 36.4 Å². The second-order valence-corrected chi connectivity index (χ2v) is 11.2. The lowest BCUT2D eigenvalue weighted by Crippen LogP contribution is -2.46. The van der Waals surface area contributed by atoms with Crippen LogP contribution in [0.25, 0.3) is 17.1 Å². The highest BCUT2D eigenvalue weighted by atomic mass is 19.4. The van der Waals surface area contributed by atoms with Gasteiger partial charge in [0.25, 0.3) is 5.56 Å². The topological polar surface area (TPSA) is 184 Å². The van der Waals surface area contributed by atoms with Crippen LogP contribution in [-0.4, -0.2) is 60.8 Å². The SMILES string of the molecule is O=C(O)C[C@H](NC(=O)Cn1c(-c2ccc(F)cc2)ncc(NC(=O)OCc2ccccc2)c1=O)C(=O)COc1cc(C(F)(F)F)nn1-c1ccccc1. The number of carbonyl (C=O) groups excluding carboxylic acids is 3. The molecule has 3 N–H and O–H groups in total. The molecular weight excluding hydrogens is 708 g/mol. The number of ketones is 1. The number of anilines is 1. The molecule has 0 spiro atoms. The molecular formula is C35H28F4N6O8. The van der Waals surface area contributed by atoms with Gasteiger partial charge >= 0.3 is 18.2 Å². The van der Waals surface area contributed by atoms with E-state index in [9.17, 15) is 46.6 Å². The number of aliphatic carboxylic acids is 1. The third kappa shape index (κ3) is 9.90. The standard InChI is InChI=1S/C35H28F4N6O8/c36-23-13-11-22(12-14-23)32-40-17-26(42-34(51)53-19-21-7-3-1-4-8-21)33(50)44(32)18-29(47)41-25(15-31(48)49)27(46)20-52-30-16-28(35(37,38)39)43-45(30)24-9-5-2-6-10-24/h1-14,16-17,25H,15,18-20H2,(H,41,47)(H,42,51)(H,48,49)/t25-/m0/s1. The van der Waals surface area contributed by atoms with Crippen molar-refractivity contribution in [3.63, 3.8) is 0 Å². The molecule has 0 saturated heterocycles. The predicted molar refractivity (Wildman–Crippen MR) is 177 cm³/mol. The summed E-state index contributed by atoms with van der Waals surface area (Å²) in [7, 11) is 0. The monoisotopic (exact) mass is 736 g/mol. The van der Waals surface area contributed by atoms with Crippen LogP contribution in [0.1, 0.15) is 17.7 Å². The lowest BCUT2D eigenvalue weighted by atomic mass is 10.1. The fraction of sp³-hybridized carbons (Fsp3) is 0.171. The summed E-state index contributed by atoms with van der Waals surface area (Å²) in [5, 5.41) is 17.4. The van der Waals surface area contributed by atoms with Gasteiger partial charge in [-0.2, -0.15) is 18.3 Å². The molecule has 18 heteroatoms. The molecule has 0 aliphatic carbocycles. The first kappa shape index (κ1) is 37.4. The van der Waals surface area contributed by atoms with Gasteiger partial charge in [0.15, 0.2) is 18.1 Å². The predicted octanol–water partition coefficient (Wildman–Crippen LogP) is 4.61. The number of aromatic nitrogens is 4. The highest BCUT2D eigenvalue weighted by molar-refractivity contribution is 5.93. The van der Waals surface area contributed by atoms with Crippen molar-refractivity contribution in [2.24, 2.45) is 0 Å². The molecule has 1 atom stereocenters. The molecule has 5 rings (SSSR count). The second kappa shape index (κ2) is 16.4. The maximum atomic E-state index is 13.7. The quantitative estimate of drug-likeness (QED) is 0.136. The maximum Gasteiger partial charge on any atom is 0.435 e. The molecule has 53 heavy (non-hydrogen) atoms. The molecule has 5 aromatic rings. The summed E-state index contributed by atoms with van der Waals surface area (Å²) in [4.78, 5) is 68.4. The Morgan fingerprint density at radius 2 is 1.58 bits per heavy atom. The van der Waals surface area contributed by atoms with Crippen LogP contribution in [0, 0.1) is 5.82 Å². The first-order valence-corrected chi connectivity index (χ1v) is 15.5. The third-order valence-corrected chi connectivity index (χ3v) is 7.33. The number of benzene rings is 3. The molecule has 2 amide bonds. The van der Waals surface area contributed by atoms with Crippen molar-refractivity contribution in [2.75, 3.05) is 11.9 Å². The van der Waals surface area contributed by atoms with Gasteiger partial charge in [0.2, 0.25) is 11.8 Å². The number of carboxylic acids is 1. The number of halogens is 4. The van der Waals surface area contributed by atoms with Gasteiger partial charge in [0.05, 0.1) is 18.3 Å². The molecule has 0 aliphatic heterocycles. The average molecular weight is 737 g/mol. The number of amides is 2. The summed E-state index contributed by atoms with van der Waals surface area (Å²) in [6.07, 6.45) is -5.86. The van der Waals surface area contributed by atoms with E-state index in [1.807, 2.05) is 0 Å². The number of carboxylic acid groups (broad SMARTS) is 1. The van der Waals surface area contributed by atoms with E-state index in [2.05, 4.69) is 20.7 Å². The zero-order valence-corrected chi connectivity index (χ0v) is 27.2. The number of Topliss-reactive ketones (excluding diaryl/α,β-unsaturated/α-hetero) is 1. The third-order valence-electron chi connectivity index (χ3n) is 7.33. The van der Waals surface area contributed by atoms with Gasteiger partial charge in [0.1, 0.15) is 36.5 Å². The minimum atomic E-state index is -4.86. The van der Waals surface area contributed by atoms with E-state index in [1.54, 1.807) is 36.4 Å². The normalized spacial score (nSPS) is 11.7. The van der Waals surface area contributed by atoms with Gasteiger partial charge in [-0.1, -0.05) is 48.5 Å². The fourth-order valence-electron chi connectivity index (χ4n) is 4.83. The molecule has 2 aromatic heterocycles. The number of nitrogens with zero attached hydrogens (tertiary/aromatic N) is 4. The number of para-hydroxylation sites is 1. The minimum Gasteiger partial charge on any atom is -0.481 e. The largest absolute Gasteiger partial charge is 0.481 e. The van der Waals surface area contributed by atoms with E-state index in [-0.39, 0.29) is 23.7 Å². The molecule has 0 unspecified atom stereocenters. The highest BCUT2D eigenvalue weighted by Crippen LogP contribution is 2.32. The van der Waals surface area contributed by atoms with Gasteiger partial charge < -0.3 is 19.9 Å². The van der Waals surface area contributed by atoms with Crippen molar-refractivity contribution in [2.45, 2.75) is 31.8 Å². The van der Waals surface area contributed by atoms with Crippen molar-refractivity contribution in [1.29, 1.82) is 0 Å². The molecule has 2 heterocycles. The number of ether oxygens (including phenoxy) is 2. The molecule has 0 radical (unpaired) electrons. The van der Waals surface area contributed by atoms with Crippen LogP contribution < -0.4 is 20.9 Å². The molecule has 3 aromatic carbocycles.